The van der Waals surface area contributed by atoms with Crippen LogP contribution in [-0.4, -0.2) is 49.7 Å². The maximum atomic E-state index is 13.8. The third kappa shape index (κ3) is 4.23. The molecule has 2 aromatic rings. The molecule has 1 aliphatic heterocycles. The minimum Gasteiger partial charge on any atom is -0.337 e. The summed E-state index contributed by atoms with van der Waals surface area (Å²) >= 11 is 0. The highest BCUT2D eigenvalue weighted by Gasteiger charge is 2.33. The summed E-state index contributed by atoms with van der Waals surface area (Å²) in [5.74, 6) is -2.49. The lowest BCUT2D eigenvalue weighted by atomic mass is 10.2. The third-order valence-electron chi connectivity index (χ3n) is 4.29. The largest absolute Gasteiger partial charge is 0.337 e. The van der Waals surface area contributed by atoms with Crippen molar-refractivity contribution in [2.75, 3.05) is 26.2 Å². The van der Waals surface area contributed by atoms with E-state index in [1.54, 1.807) is 6.08 Å². The van der Waals surface area contributed by atoms with Crippen LogP contribution < -0.4 is 0 Å². The molecule has 1 fully saturated rings. The van der Waals surface area contributed by atoms with Crippen LogP contribution in [0, 0.1) is 11.6 Å². The molecule has 0 bridgehead atoms. The highest BCUT2D eigenvalue weighted by atomic mass is 32.2. The van der Waals surface area contributed by atoms with Crippen LogP contribution in [0.3, 0.4) is 0 Å². The van der Waals surface area contributed by atoms with Gasteiger partial charge in [0.15, 0.2) is 4.90 Å². The van der Waals surface area contributed by atoms with Gasteiger partial charge in [0, 0.05) is 32.3 Å². The maximum Gasteiger partial charge on any atom is 0.249 e. The first kappa shape index (κ1) is 19.2. The molecule has 1 amide bonds. The van der Waals surface area contributed by atoms with Gasteiger partial charge in [0.05, 0.1) is 0 Å². The summed E-state index contributed by atoms with van der Waals surface area (Å²) in [4.78, 5) is 12.8. The van der Waals surface area contributed by atoms with Gasteiger partial charge < -0.3 is 4.90 Å². The van der Waals surface area contributed by atoms with Crippen LogP contribution in [0.15, 0.2) is 59.5 Å². The standard InChI is InChI=1S/C19H18F2N2O3S/c20-16-7-4-8-17(21)19(16)27(25,26)23-13-11-22(12-14-23)18(24)10-9-15-5-2-1-3-6-15/h1-10H,11-14H2/b10-9+. The maximum absolute atomic E-state index is 13.8. The molecule has 0 radical (unpaired) electrons. The molecule has 8 heteroatoms. The molecule has 5 nitrogen and oxygen atoms in total. The molecular formula is C19H18F2N2O3S. The summed E-state index contributed by atoms with van der Waals surface area (Å²) in [6.45, 7) is 0.239. The molecule has 142 valence electrons. The Balaban J connectivity index is 1.66. The third-order valence-corrected chi connectivity index (χ3v) is 6.24. The Morgan fingerprint density at radius 1 is 0.889 bits per heavy atom. The average Bonchev–Trinajstić information content (AvgIpc) is 2.67. The van der Waals surface area contributed by atoms with E-state index >= 15 is 0 Å². The van der Waals surface area contributed by atoms with E-state index in [1.807, 2.05) is 30.3 Å². The topological polar surface area (TPSA) is 57.7 Å². The van der Waals surface area contributed by atoms with E-state index in [2.05, 4.69) is 0 Å². The number of carbonyl (C=O) groups excluding carboxylic acids is 1. The summed E-state index contributed by atoms with van der Waals surface area (Å²) in [5.41, 5.74) is 0.877. The van der Waals surface area contributed by atoms with E-state index in [9.17, 15) is 22.0 Å². The molecule has 1 aliphatic rings. The average molecular weight is 392 g/mol. The monoisotopic (exact) mass is 392 g/mol. The molecule has 0 aliphatic carbocycles. The van der Waals surface area contributed by atoms with Crippen molar-refractivity contribution in [2.24, 2.45) is 0 Å². The molecule has 0 N–H and O–H groups in total. The van der Waals surface area contributed by atoms with Gasteiger partial charge in [-0.25, -0.2) is 17.2 Å². The van der Waals surface area contributed by atoms with Crippen LogP contribution in [0.25, 0.3) is 6.08 Å². The van der Waals surface area contributed by atoms with Crippen LogP contribution in [0.4, 0.5) is 8.78 Å². The van der Waals surface area contributed by atoms with Crippen molar-refractivity contribution in [3.63, 3.8) is 0 Å². The second-order valence-electron chi connectivity index (χ2n) is 6.02. The van der Waals surface area contributed by atoms with Crippen molar-refractivity contribution in [1.82, 2.24) is 9.21 Å². The van der Waals surface area contributed by atoms with Gasteiger partial charge in [-0.3, -0.25) is 4.79 Å². The molecule has 1 saturated heterocycles. The first-order valence-corrected chi connectivity index (χ1v) is 9.80. The number of amides is 1. The van der Waals surface area contributed by atoms with E-state index in [0.29, 0.717) is 0 Å². The molecule has 0 saturated carbocycles. The van der Waals surface area contributed by atoms with Crippen molar-refractivity contribution in [1.29, 1.82) is 0 Å². The Kier molecular flexibility index (Phi) is 5.67. The zero-order valence-corrected chi connectivity index (χ0v) is 15.2. The van der Waals surface area contributed by atoms with Crippen molar-refractivity contribution < 1.29 is 22.0 Å². The van der Waals surface area contributed by atoms with Gasteiger partial charge in [0.1, 0.15) is 11.6 Å². The van der Waals surface area contributed by atoms with Gasteiger partial charge in [0.25, 0.3) is 0 Å². The molecule has 0 aromatic heterocycles. The van der Waals surface area contributed by atoms with E-state index < -0.39 is 26.6 Å². The van der Waals surface area contributed by atoms with E-state index in [1.165, 1.54) is 11.0 Å². The summed E-state index contributed by atoms with van der Waals surface area (Å²) in [5, 5.41) is 0. The zero-order valence-electron chi connectivity index (χ0n) is 14.4. The number of nitrogens with zero attached hydrogens (tertiary/aromatic N) is 2. The van der Waals surface area contributed by atoms with Gasteiger partial charge in [0.2, 0.25) is 15.9 Å². The van der Waals surface area contributed by atoms with Gasteiger partial charge >= 0.3 is 0 Å². The summed E-state index contributed by atoms with van der Waals surface area (Å²) in [6.07, 6.45) is 3.11. The SMILES string of the molecule is O=C(/C=C/c1ccccc1)N1CCN(S(=O)(=O)c2c(F)cccc2F)CC1. The quantitative estimate of drug-likeness (QED) is 0.752. The fourth-order valence-electron chi connectivity index (χ4n) is 2.84. The number of sulfonamides is 1. The predicted molar refractivity (Wildman–Crippen MR) is 97.2 cm³/mol. The molecule has 1 heterocycles. The van der Waals surface area contributed by atoms with Gasteiger partial charge in [-0.15, -0.1) is 0 Å². The van der Waals surface area contributed by atoms with Crippen LogP contribution in [0.5, 0.6) is 0 Å². The first-order chi connectivity index (χ1) is 12.9. The fraction of sp³-hybridized carbons (Fsp3) is 0.211. The van der Waals surface area contributed by atoms with Gasteiger partial charge in [-0.05, 0) is 23.8 Å². The lowest BCUT2D eigenvalue weighted by molar-refractivity contribution is -0.127. The molecule has 2 aromatic carbocycles. The normalized spacial score (nSPS) is 16.0. The molecule has 3 rings (SSSR count). The molecular weight excluding hydrogens is 374 g/mol. The second-order valence-corrected chi connectivity index (χ2v) is 7.90. The molecule has 0 atom stereocenters. The second kappa shape index (κ2) is 7.98. The van der Waals surface area contributed by atoms with E-state index in [4.69, 9.17) is 0 Å². The number of rotatable bonds is 4. The Morgan fingerprint density at radius 2 is 1.48 bits per heavy atom. The molecule has 0 unspecified atom stereocenters. The zero-order chi connectivity index (χ0) is 19.4. The number of benzene rings is 2. The highest BCUT2D eigenvalue weighted by Crippen LogP contribution is 2.23. The Morgan fingerprint density at radius 3 is 2.07 bits per heavy atom. The highest BCUT2D eigenvalue weighted by molar-refractivity contribution is 7.89. The number of hydrogen-bond acceptors (Lipinski definition) is 3. The number of carbonyl (C=O) groups is 1. The summed E-state index contributed by atoms with van der Waals surface area (Å²) in [6, 6.07) is 12.2. The lowest BCUT2D eigenvalue weighted by Crippen LogP contribution is -2.50. The smallest absolute Gasteiger partial charge is 0.249 e. The Labute approximate surface area is 156 Å². The minimum atomic E-state index is -4.30. The number of halogens is 2. The van der Waals surface area contributed by atoms with Crippen molar-refractivity contribution in [3.8, 4) is 0 Å². The Hall–Kier alpha value is -2.58. The number of piperazine rings is 1. The predicted octanol–water partition coefficient (Wildman–Crippen LogP) is 2.51. The molecule has 0 spiro atoms. The van der Waals surface area contributed by atoms with Crippen LogP contribution in [0.2, 0.25) is 0 Å². The van der Waals surface area contributed by atoms with Gasteiger partial charge in [-0.1, -0.05) is 36.4 Å². The lowest BCUT2D eigenvalue weighted by Gasteiger charge is -2.33. The van der Waals surface area contributed by atoms with Crippen molar-refractivity contribution in [2.45, 2.75) is 4.90 Å². The number of hydrogen-bond donors (Lipinski definition) is 0. The summed E-state index contributed by atoms with van der Waals surface area (Å²) in [7, 11) is -4.30. The first-order valence-electron chi connectivity index (χ1n) is 8.36. The van der Waals surface area contributed by atoms with Crippen LogP contribution in [-0.2, 0) is 14.8 Å². The fourth-order valence-corrected chi connectivity index (χ4v) is 4.38. The van der Waals surface area contributed by atoms with Crippen molar-refractivity contribution in [3.05, 3.63) is 71.8 Å². The van der Waals surface area contributed by atoms with Crippen LogP contribution in [0.1, 0.15) is 5.56 Å². The van der Waals surface area contributed by atoms with E-state index in [0.717, 1.165) is 28.1 Å². The summed E-state index contributed by atoms with van der Waals surface area (Å²) < 4.78 is 53.8. The van der Waals surface area contributed by atoms with Crippen molar-refractivity contribution >= 4 is 22.0 Å². The molecule has 27 heavy (non-hydrogen) atoms. The van der Waals surface area contributed by atoms with E-state index in [-0.39, 0.29) is 32.1 Å². The van der Waals surface area contributed by atoms with Crippen LogP contribution >= 0.6 is 0 Å². The minimum absolute atomic E-state index is 0.0268. The van der Waals surface area contributed by atoms with Gasteiger partial charge in [-0.2, -0.15) is 4.31 Å². The Bertz CT molecular complexity index is 934.